The third-order valence-electron chi connectivity index (χ3n) is 2.27. The van der Waals surface area contributed by atoms with Crippen LogP contribution in [0.1, 0.15) is 40.0 Å². The van der Waals surface area contributed by atoms with E-state index in [2.05, 4.69) is 38.0 Å². The topological polar surface area (TPSA) is 15.3 Å². The van der Waals surface area contributed by atoms with Crippen LogP contribution in [-0.2, 0) is 0 Å². The van der Waals surface area contributed by atoms with Gasteiger partial charge in [0.05, 0.1) is 0 Å². The highest BCUT2D eigenvalue weighted by Gasteiger charge is 2.08. The molecule has 0 aliphatic heterocycles. The summed E-state index contributed by atoms with van der Waals surface area (Å²) in [7, 11) is 2.21. The molecule has 0 aromatic carbocycles. The van der Waals surface area contributed by atoms with Crippen molar-refractivity contribution in [2.45, 2.75) is 46.1 Å². The predicted octanol–water partition coefficient (Wildman–Crippen LogP) is 2.11. The minimum Gasteiger partial charge on any atom is -0.313 e. The standard InChI is InChI=1S/C11H26N2/c1-5-8-11(12-7-3)10-13(4)9-6-2/h11-12H,5-10H2,1-4H3. The Bertz CT molecular complexity index is 98.3. The SMILES string of the molecule is CCCC(CN(C)CCC)NCC. The normalized spacial score (nSPS) is 13.6. The molecule has 0 aromatic heterocycles. The highest BCUT2D eigenvalue weighted by atomic mass is 15.1. The average Bonchev–Trinajstić information content (AvgIpc) is 2.05. The van der Waals surface area contributed by atoms with Crippen LogP contribution < -0.4 is 5.32 Å². The molecule has 0 heterocycles. The minimum atomic E-state index is 0.687. The molecule has 1 unspecified atom stereocenters. The van der Waals surface area contributed by atoms with E-state index in [1.807, 2.05) is 0 Å². The van der Waals surface area contributed by atoms with Crippen LogP contribution in [0.15, 0.2) is 0 Å². The monoisotopic (exact) mass is 186 g/mol. The van der Waals surface area contributed by atoms with Crippen LogP contribution in [0.3, 0.4) is 0 Å². The molecule has 0 aliphatic carbocycles. The van der Waals surface area contributed by atoms with Crippen molar-refractivity contribution in [3.63, 3.8) is 0 Å². The molecule has 1 atom stereocenters. The zero-order valence-electron chi connectivity index (χ0n) is 9.77. The number of hydrogen-bond donors (Lipinski definition) is 1. The fourth-order valence-electron chi connectivity index (χ4n) is 1.74. The summed E-state index contributed by atoms with van der Waals surface area (Å²) in [5.41, 5.74) is 0. The van der Waals surface area contributed by atoms with E-state index < -0.39 is 0 Å². The van der Waals surface area contributed by atoms with E-state index in [-0.39, 0.29) is 0 Å². The first-order valence-corrected chi connectivity index (χ1v) is 5.66. The zero-order chi connectivity index (χ0) is 10.1. The number of rotatable bonds is 8. The van der Waals surface area contributed by atoms with Crippen molar-refractivity contribution in [3.8, 4) is 0 Å². The molecular weight excluding hydrogens is 160 g/mol. The molecule has 0 saturated heterocycles. The second kappa shape index (κ2) is 8.52. The van der Waals surface area contributed by atoms with Crippen LogP contribution in [0.4, 0.5) is 0 Å². The second-order valence-electron chi connectivity index (χ2n) is 3.81. The highest BCUT2D eigenvalue weighted by Crippen LogP contribution is 1.99. The van der Waals surface area contributed by atoms with Gasteiger partial charge in [-0.15, -0.1) is 0 Å². The molecule has 0 amide bonds. The quantitative estimate of drug-likeness (QED) is 0.624. The van der Waals surface area contributed by atoms with Crippen molar-refractivity contribution in [1.82, 2.24) is 10.2 Å². The summed E-state index contributed by atoms with van der Waals surface area (Å²) in [4.78, 5) is 2.42. The molecule has 0 fully saturated rings. The molecule has 0 spiro atoms. The Hall–Kier alpha value is -0.0800. The van der Waals surface area contributed by atoms with E-state index in [9.17, 15) is 0 Å². The maximum Gasteiger partial charge on any atom is 0.0194 e. The summed E-state index contributed by atoms with van der Waals surface area (Å²) in [6.45, 7) is 10.2. The molecular formula is C11H26N2. The first-order valence-electron chi connectivity index (χ1n) is 5.66. The van der Waals surface area contributed by atoms with E-state index in [0.717, 1.165) is 6.54 Å². The van der Waals surface area contributed by atoms with Gasteiger partial charge >= 0.3 is 0 Å². The Balaban J connectivity index is 3.64. The molecule has 0 saturated carbocycles. The highest BCUT2D eigenvalue weighted by molar-refractivity contribution is 4.69. The second-order valence-corrected chi connectivity index (χ2v) is 3.81. The molecule has 0 aliphatic rings. The molecule has 1 N–H and O–H groups in total. The predicted molar refractivity (Wildman–Crippen MR) is 60.2 cm³/mol. The van der Waals surface area contributed by atoms with Crippen molar-refractivity contribution in [2.24, 2.45) is 0 Å². The fraction of sp³-hybridized carbons (Fsp3) is 1.00. The molecule has 0 aromatic rings. The Morgan fingerprint density at radius 3 is 2.31 bits per heavy atom. The maximum absolute atomic E-state index is 3.53. The Morgan fingerprint density at radius 2 is 1.85 bits per heavy atom. The maximum atomic E-state index is 3.53. The lowest BCUT2D eigenvalue weighted by Crippen LogP contribution is -2.39. The molecule has 2 heteroatoms. The largest absolute Gasteiger partial charge is 0.313 e. The first-order chi connectivity index (χ1) is 6.24. The number of nitrogens with zero attached hydrogens (tertiary/aromatic N) is 1. The van der Waals surface area contributed by atoms with Crippen molar-refractivity contribution in [3.05, 3.63) is 0 Å². The van der Waals surface area contributed by atoms with Crippen LogP contribution in [-0.4, -0.2) is 37.6 Å². The summed E-state index contributed by atoms with van der Waals surface area (Å²) in [6.07, 6.45) is 3.82. The van der Waals surface area contributed by atoms with Crippen LogP contribution in [0.2, 0.25) is 0 Å². The van der Waals surface area contributed by atoms with Gasteiger partial charge < -0.3 is 10.2 Å². The van der Waals surface area contributed by atoms with Gasteiger partial charge in [0, 0.05) is 12.6 Å². The van der Waals surface area contributed by atoms with Crippen molar-refractivity contribution < 1.29 is 0 Å². The van der Waals surface area contributed by atoms with Gasteiger partial charge in [-0.3, -0.25) is 0 Å². The Morgan fingerprint density at radius 1 is 1.15 bits per heavy atom. The minimum absolute atomic E-state index is 0.687. The van der Waals surface area contributed by atoms with Crippen LogP contribution in [0, 0.1) is 0 Å². The molecule has 0 bridgehead atoms. The summed E-state index contributed by atoms with van der Waals surface area (Å²) in [5, 5.41) is 3.53. The van der Waals surface area contributed by atoms with Gasteiger partial charge in [0.2, 0.25) is 0 Å². The van der Waals surface area contributed by atoms with Gasteiger partial charge in [-0.1, -0.05) is 27.2 Å². The molecule has 0 radical (unpaired) electrons. The van der Waals surface area contributed by atoms with Gasteiger partial charge in [-0.2, -0.15) is 0 Å². The van der Waals surface area contributed by atoms with E-state index in [4.69, 9.17) is 0 Å². The summed E-state index contributed by atoms with van der Waals surface area (Å²) < 4.78 is 0. The Kier molecular flexibility index (Phi) is 8.46. The van der Waals surface area contributed by atoms with E-state index >= 15 is 0 Å². The van der Waals surface area contributed by atoms with E-state index in [1.165, 1.54) is 32.4 Å². The van der Waals surface area contributed by atoms with Gasteiger partial charge in [0.1, 0.15) is 0 Å². The third-order valence-corrected chi connectivity index (χ3v) is 2.27. The van der Waals surface area contributed by atoms with Gasteiger partial charge in [0.15, 0.2) is 0 Å². The molecule has 13 heavy (non-hydrogen) atoms. The lowest BCUT2D eigenvalue weighted by atomic mass is 10.1. The first kappa shape index (κ1) is 12.9. The van der Waals surface area contributed by atoms with Crippen LogP contribution >= 0.6 is 0 Å². The van der Waals surface area contributed by atoms with Crippen LogP contribution in [0.25, 0.3) is 0 Å². The van der Waals surface area contributed by atoms with Gasteiger partial charge in [0.25, 0.3) is 0 Å². The summed E-state index contributed by atoms with van der Waals surface area (Å²) in [5.74, 6) is 0. The van der Waals surface area contributed by atoms with E-state index in [1.54, 1.807) is 0 Å². The number of likely N-dealkylation sites (N-methyl/N-ethyl adjacent to an activating group) is 2. The van der Waals surface area contributed by atoms with E-state index in [0.29, 0.717) is 6.04 Å². The average molecular weight is 186 g/mol. The summed E-state index contributed by atoms with van der Waals surface area (Å²) in [6, 6.07) is 0.687. The van der Waals surface area contributed by atoms with Crippen LogP contribution in [0.5, 0.6) is 0 Å². The van der Waals surface area contributed by atoms with Crippen molar-refractivity contribution >= 4 is 0 Å². The smallest absolute Gasteiger partial charge is 0.0194 e. The number of hydrogen-bond acceptors (Lipinski definition) is 2. The summed E-state index contributed by atoms with van der Waals surface area (Å²) >= 11 is 0. The van der Waals surface area contributed by atoms with Gasteiger partial charge in [-0.05, 0) is 33.0 Å². The molecule has 80 valence electrons. The molecule has 0 rings (SSSR count). The zero-order valence-corrected chi connectivity index (χ0v) is 9.77. The van der Waals surface area contributed by atoms with Crippen molar-refractivity contribution in [1.29, 1.82) is 0 Å². The third kappa shape index (κ3) is 7.03. The lowest BCUT2D eigenvalue weighted by Gasteiger charge is -2.23. The van der Waals surface area contributed by atoms with Crippen molar-refractivity contribution in [2.75, 3.05) is 26.7 Å². The fourth-order valence-corrected chi connectivity index (χ4v) is 1.74. The number of nitrogens with one attached hydrogen (secondary N) is 1. The molecule has 2 nitrogen and oxygen atoms in total. The lowest BCUT2D eigenvalue weighted by molar-refractivity contribution is 0.282. The Labute approximate surface area is 83.7 Å². The van der Waals surface area contributed by atoms with Gasteiger partial charge in [-0.25, -0.2) is 0 Å².